The SMILES string of the molecule is CCCCCC(C)(C=CC1C[C@@H](C(=O)OC)C(=O)[C@]1(CC(=O)OCC)C(=O)OC)OC1CCCCO1. The first-order valence-corrected chi connectivity index (χ1v) is 13.0. The van der Waals surface area contributed by atoms with Crippen LogP contribution >= 0.6 is 0 Å². The molecule has 0 aromatic rings. The first-order valence-electron chi connectivity index (χ1n) is 13.0. The quantitative estimate of drug-likeness (QED) is 0.120. The van der Waals surface area contributed by atoms with E-state index in [2.05, 4.69) is 6.92 Å². The van der Waals surface area contributed by atoms with Crippen molar-refractivity contribution in [1.82, 2.24) is 0 Å². The van der Waals surface area contributed by atoms with E-state index >= 15 is 0 Å². The average Bonchev–Trinajstić information content (AvgIpc) is 3.14. The van der Waals surface area contributed by atoms with Gasteiger partial charge in [-0.3, -0.25) is 19.2 Å². The minimum Gasteiger partial charge on any atom is -0.468 e. The lowest BCUT2D eigenvalue weighted by Gasteiger charge is -2.34. The fourth-order valence-electron chi connectivity index (χ4n) is 5.14. The lowest BCUT2D eigenvalue weighted by molar-refractivity contribution is -0.208. The van der Waals surface area contributed by atoms with Crippen LogP contribution in [-0.2, 0) is 42.9 Å². The second kappa shape index (κ2) is 13.9. The standard InChI is InChI=1S/C27H42O9/c1-6-8-10-14-26(3,36-22-12-9-11-16-35-22)15-13-19-17-20(24(30)32-4)23(29)27(19,25(31)33-5)18-21(28)34-7-2/h13,15,19-20,22H,6-12,14,16-18H2,1-5H3/t19?,20-,22?,26?,27-/m1/s1. The Bertz CT molecular complexity index is 801. The molecule has 0 radical (unpaired) electrons. The second-order valence-corrected chi connectivity index (χ2v) is 9.77. The molecule has 9 heteroatoms. The summed E-state index contributed by atoms with van der Waals surface area (Å²) in [5, 5.41) is 0. The van der Waals surface area contributed by atoms with E-state index in [1.165, 1.54) is 7.11 Å². The highest BCUT2D eigenvalue weighted by molar-refractivity contribution is 6.15. The lowest BCUT2D eigenvalue weighted by atomic mass is 9.73. The molecular weight excluding hydrogens is 468 g/mol. The Morgan fingerprint density at radius 2 is 1.89 bits per heavy atom. The van der Waals surface area contributed by atoms with Crippen molar-refractivity contribution in [1.29, 1.82) is 0 Å². The first-order chi connectivity index (χ1) is 17.2. The number of ether oxygens (including phenoxy) is 5. The van der Waals surface area contributed by atoms with Gasteiger partial charge in [0.05, 0.1) is 32.8 Å². The molecule has 3 unspecified atom stereocenters. The minimum atomic E-state index is -1.89. The molecule has 1 saturated heterocycles. The maximum absolute atomic E-state index is 13.5. The van der Waals surface area contributed by atoms with Crippen LogP contribution in [0.2, 0.25) is 0 Å². The third kappa shape index (κ3) is 7.16. The molecule has 1 heterocycles. The van der Waals surface area contributed by atoms with Crippen LogP contribution in [0.3, 0.4) is 0 Å². The molecule has 1 aliphatic carbocycles. The zero-order valence-corrected chi connectivity index (χ0v) is 22.3. The molecule has 0 bridgehead atoms. The Kier molecular flexibility index (Phi) is 11.6. The monoisotopic (exact) mass is 510 g/mol. The summed E-state index contributed by atoms with van der Waals surface area (Å²) < 4.78 is 27.1. The Morgan fingerprint density at radius 3 is 2.47 bits per heavy atom. The maximum Gasteiger partial charge on any atom is 0.320 e. The molecule has 0 spiro atoms. The molecule has 0 aromatic carbocycles. The van der Waals surface area contributed by atoms with Gasteiger partial charge >= 0.3 is 17.9 Å². The van der Waals surface area contributed by atoms with Crippen LogP contribution in [0.1, 0.15) is 78.6 Å². The number of ketones is 1. The van der Waals surface area contributed by atoms with E-state index in [0.717, 1.165) is 45.6 Å². The maximum atomic E-state index is 13.5. The average molecular weight is 511 g/mol. The third-order valence-corrected chi connectivity index (χ3v) is 7.14. The van der Waals surface area contributed by atoms with Crippen molar-refractivity contribution in [2.24, 2.45) is 17.3 Å². The molecule has 0 aromatic heterocycles. The van der Waals surface area contributed by atoms with Crippen LogP contribution in [0.15, 0.2) is 12.2 Å². The van der Waals surface area contributed by atoms with Gasteiger partial charge in [0.15, 0.2) is 12.1 Å². The molecule has 2 fully saturated rings. The van der Waals surface area contributed by atoms with E-state index in [4.69, 9.17) is 23.7 Å². The van der Waals surface area contributed by atoms with Crippen molar-refractivity contribution < 1.29 is 42.9 Å². The molecule has 2 rings (SSSR count). The summed E-state index contributed by atoms with van der Waals surface area (Å²) in [7, 11) is 2.35. The normalized spacial score (nSPS) is 28.0. The highest BCUT2D eigenvalue weighted by Crippen LogP contribution is 2.49. The lowest BCUT2D eigenvalue weighted by Crippen LogP contribution is -2.45. The highest BCUT2D eigenvalue weighted by atomic mass is 16.7. The molecule has 36 heavy (non-hydrogen) atoms. The number of allylic oxidation sites excluding steroid dienone is 1. The summed E-state index contributed by atoms with van der Waals surface area (Å²) in [6, 6.07) is 0. The topological polar surface area (TPSA) is 114 Å². The summed E-state index contributed by atoms with van der Waals surface area (Å²) in [6.45, 7) is 6.45. The van der Waals surface area contributed by atoms with Crippen LogP contribution in [0.25, 0.3) is 0 Å². The highest BCUT2D eigenvalue weighted by Gasteiger charge is 2.63. The zero-order valence-electron chi connectivity index (χ0n) is 22.3. The summed E-state index contributed by atoms with van der Waals surface area (Å²) in [6.07, 6.45) is 9.24. The predicted octanol–water partition coefficient (Wildman–Crippen LogP) is 3.92. The number of methoxy groups -OCH3 is 2. The van der Waals surface area contributed by atoms with Gasteiger partial charge in [-0.2, -0.15) is 0 Å². The summed E-state index contributed by atoms with van der Waals surface area (Å²) in [5.41, 5.74) is -2.61. The van der Waals surface area contributed by atoms with E-state index in [0.29, 0.717) is 13.0 Å². The van der Waals surface area contributed by atoms with E-state index in [9.17, 15) is 19.2 Å². The summed E-state index contributed by atoms with van der Waals surface area (Å²) in [5.74, 6) is -4.98. The number of rotatable bonds is 13. The number of carbonyl (C=O) groups is 4. The molecule has 204 valence electrons. The number of hydrogen-bond donors (Lipinski definition) is 0. The molecule has 1 aliphatic heterocycles. The van der Waals surface area contributed by atoms with Gasteiger partial charge in [-0.25, -0.2) is 0 Å². The third-order valence-electron chi connectivity index (χ3n) is 7.14. The van der Waals surface area contributed by atoms with Gasteiger partial charge in [-0.15, -0.1) is 0 Å². The Hall–Kier alpha value is -2.26. The van der Waals surface area contributed by atoms with Crippen molar-refractivity contribution in [3.8, 4) is 0 Å². The van der Waals surface area contributed by atoms with Gasteiger partial charge < -0.3 is 23.7 Å². The number of hydrogen-bond acceptors (Lipinski definition) is 9. The molecule has 9 nitrogen and oxygen atoms in total. The Labute approximate surface area is 214 Å². The van der Waals surface area contributed by atoms with Crippen molar-refractivity contribution in [3.63, 3.8) is 0 Å². The first kappa shape index (κ1) is 30.0. The van der Waals surface area contributed by atoms with Gasteiger partial charge in [0, 0.05) is 12.5 Å². The van der Waals surface area contributed by atoms with Gasteiger partial charge in [0.2, 0.25) is 0 Å². The molecule has 2 aliphatic rings. The number of Topliss-reactive ketones (excluding diaryl/α,β-unsaturated/α-hetero) is 1. The van der Waals surface area contributed by atoms with E-state index in [-0.39, 0.29) is 19.3 Å². The molecule has 0 N–H and O–H groups in total. The van der Waals surface area contributed by atoms with Crippen molar-refractivity contribution >= 4 is 23.7 Å². The van der Waals surface area contributed by atoms with Gasteiger partial charge in [0.25, 0.3) is 0 Å². The van der Waals surface area contributed by atoms with Crippen molar-refractivity contribution in [2.75, 3.05) is 27.4 Å². The van der Waals surface area contributed by atoms with Crippen LogP contribution < -0.4 is 0 Å². The fourth-order valence-corrected chi connectivity index (χ4v) is 5.14. The second-order valence-electron chi connectivity index (χ2n) is 9.77. The van der Waals surface area contributed by atoms with E-state index in [1.54, 1.807) is 13.0 Å². The minimum absolute atomic E-state index is 0.0154. The predicted molar refractivity (Wildman–Crippen MR) is 131 cm³/mol. The Balaban J connectivity index is 2.45. The summed E-state index contributed by atoms with van der Waals surface area (Å²) >= 11 is 0. The molecular formula is C27H42O9. The van der Waals surface area contributed by atoms with E-state index < -0.39 is 53.0 Å². The molecule has 0 amide bonds. The van der Waals surface area contributed by atoms with Crippen molar-refractivity contribution in [2.45, 2.75) is 90.4 Å². The van der Waals surface area contributed by atoms with Gasteiger partial charge in [0.1, 0.15) is 11.3 Å². The summed E-state index contributed by atoms with van der Waals surface area (Å²) in [4.78, 5) is 51.6. The molecule has 5 atom stereocenters. The number of esters is 3. The number of carbonyl (C=O) groups excluding carboxylic acids is 4. The van der Waals surface area contributed by atoms with Gasteiger partial charge in [-0.1, -0.05) is 38.3 Å². The van der Waals surface area contributed by atoms with Crippen LogP contribution in [0.5, 0.6) is 0 Å². The zero-order chi connectivity index (χ0) is 26.8. The number of unbranched alkanes of at least 4 members (excludes halogenated alkanes) is 2. The van der Waals surface area contributed by atoms with E-state index in [1.807, 2.05) is 13.0 Å². The van der Waals surface area contributed by atoms with Crippen molar-refractivity contribution in [3.05, 3.63) is 12.2 Å². The van der Waals surface area contributed by atoms with Crippen LogP contribution in [-0.4, -0.2) is 63.0 Å². The molecule has 1 saturated carbocycles. The van der Waals surface area contributed by atoms with Crippen LogP contribution in [0.4, 0.5) is 0 Å². The Morgan fingerprint density at radius 1 is 1.14 bits per heavy atom. The fraction of sp³-hybridized carbons (Fsp3) is 0.778. The van der Waals surface area contributed by atoms with Crippen LogP contribution in [0, 0.1) is 17.3 Å². The smallest absolute Gasteiger partial charge is 0.320 e. The van der Waals surface area contributed by atoms with Gasteiger partial charge in [-0.05, 0) is 46.0 Å². The largest absolute Gasteiger partial charge is 0.468 e.